The maximum atomic E-state index is 11.7. The van der Waals surface area contributed by atoms with Crippen LogP contribution in [0.15, 0.2) is 47.4 Å². The summed E-state index contributed by atoms with van der Waals surface area (Å²) in [5.74, 6) is 0. The summed E-state index contributed by atoms with van der Waals surface area (Å²) in [6.07, 6.45) is 0. The number of anilines is 1. The van der Waals surface area contributed by atoms with E-state index in [-0.39, 0.29) is 4.90 Å². The van der Waals surface area contributed by atoms with E-state index < -0.39 is 10.0 Å². The summed E-state index contributed by atoms with van der Waals surface area (Å²) >= 11 is 0. The summed E-state index contributed by atoms with van der Waals surface area (Å²) in [5.41, 5.74) is 7.59. The Morgan fingerprint density at radius 3 is 2.60 bits per heavy atom. The molecule has 0 aliphatic rings. The van der Waals surface area contributed by atoms with Gasteiger partial charge in [-0.15, -0.1) is 5.10 Å². The first-order valence-electron chi connectivity index (χ1n) is 5.70. The number of hydrogen-bond acceptors (Lipinski definition) is 5. The van der Waals surface area contributed by atoms with E-state index in [1.807, 2.05) is 12.1 Å². The average Bonchev–Trinajstić information content (AvgIpc) is 2.81. The lowest BCUT2D eigenvalue weighted by Gasteiger charge is -2.09. The summed E-state index contributed by atoms with van der Waals surface area (Å²) < 4.78 is 24.8. The average molecular weight is 289 g/mol. The minimum absolute atomic E-state index is 0.0897. The molecule has 0 spiro atoms. The Kier molecular flexibility index (Phi) is 2.70. The van der Waals surface area contributed by atoms with Gasteiger partial charge in [0.25, 0.3) is 0 Å². The molecule has 1 heterocycles. The van der Waals surface area contributed by atoms with E-state index in [9.17, 15) is 8.42 Å². The van der Waals surface area contributed by atoms with Gasteiger partial charge in [-0.25, -0.2) is 18.2 Å². The molecule has 0 aliphatic carbocycles. The number of nitrogens with zero attached hydrogens (tertiary/aromatic N) is 3. The van der Waals surface area contributed by atoms with Crippen molar-refractivity contribution >= 4 is 26.7 Å². The number of fused-ring (bicyclic) bond motifs is 1. The number of para-hydroxylation sites is 1. The molecule has 0 amide bonds. The Morgan fingerprint density at radius 2 is 1.85 bits per heavy atom. The maximum Gasteiger partial charge on any atom is 0.240 e. The number of primary sulfonamides is 1. The van der Waals surface area contributed by atoms with Crippen molar-refractivity contribution in [2.75, 3.05) is 5.73 Å². The smallest absolute Gasteiger partial charge is 0.240 e. The zero-order valence-electron chi connectivity index (χ0n) is 10.3. The molecule has 0 bridgehead atoms. The van der Waals surface area contributed by atoms with Gasteiger partial charge in [0.1, 0.15) is 10.4 Å². The fourth-order valence-electron chi connectivity index (χ4n) is 1.98. The van der Waals surface area contributed by atoms with Crippen LogP contribution in [-0.2, 0) is 10.0 Å². The lowest BCUT2D eigenvalue weighted by atomic mass is 10.2. The Labute approximate surface area is 114 Å². The summed E-state index contributed by atoms with van der Waals surface area (Å²) in [7, 11) is -3.92. The minimum atomic E-state index is -3.92. The molecule has 3 rings (SSSR count). The van der Waals surface area contributed by atoms with Crippen LogP contribution in [0.5, 0.6) is 0 Å². The number of hydrogen-bond donors (Lipinski definition) is 2. The predicted octanol–water partition coefficient (Wildman–Crippen LogP) is 0.650. The van der Waals surface area contributed by atoms with E-state index in [1.54, 1.807) is 24.3 Å². The van der Waals surface area contributed by atoms with Crippen molar-refractivity contribution in [3.8, 4) is 5.69 Å². The molecule has 7 nitrogen and oxygen atoms in total. The first-order valence-corrected chi connectivity index (χ1v) is 7.24. The predicted molar refractivity (Wildman–Crippen MR) is 74.7 cm³/mol. The van der Waals surface area contributed by atoms with E-state index in [1.165, 1.54) is 10.7 Å². The fraction of sp³-hybridized carbons (Fsp3) is 0. The molecule has 0 radical (unpaired) electrons. The number of nitrogens with two attached hydrogens (primary N) is 2. The summed E-state index contributed by atoms with van der Waals surface area (Å²) in [6.45, 7) is 0. The molecular weight excluding hydrogens is 278 g/mol. The zero-order chi connectivity index (χ0) is 14.3. The van der Waals surface area contributed by atoms with Gasteiger partial charge in [-0.3, -0.25) is 0 Å². The molecule has 102 valence electrons. The monoisotopic (exact) mass is 289 g/mol. The topological polar surface area (TPSA) is 117 Å². The molecule has 1 aromatic heterocycles. The number of sulfonamides is 1. The van der Waals surface area contributed by atoms with Crippen LogP contribution in [0.25, 0.3) is 16.7 Å². The number of aromatic nitrogens is 3. The third-order valence-corrected chi connectivity index (χ3v) is 3.81. The van der Waals surface area contributed by atoms with Gasteiger partial charge in [0.2, 0.25) is 10.0 Å². The van der Waals surface area contributed by atoms with Crippen LogP contribution >= 0.6 is 0 Å². The number of nitrogen functional groups attached to an aromatic ring is 1. The van der Waals surface area contributed by atoms with Crippen molar-refractivity contribution in [3.63, 3.8) is 0 Å². The van der Waals surface area contributed by atoms with Crippen LogP contribution in [0.3, 0.4) is 0 Å². The van der Waals surface area contributed by atoms with Crippen LogP contribution in [-0.4, -0.2) is 23.4 Å². The second kappa shape index (κ2) is 4.29. The lowest BCUT2D eigenvalue weighted by molar-refractivity contribution is 0.596. The Hall–Kier alpha value is -2.45. The first kappa shape index (κ1) is 12.6. The second-order valence-electron chi connectivity index (χ2n) is 4.26. The number of rotatable bonds is 2. The molecule has 3 aromatic rings. The Morgan fingerprint density at radius 1 is 1.10 bits per heavy atom. The van der Waals surface area contributed by atoms with Gasteiger partial charge < -0.3 is 5.73 Å². The lowest BCUT2D eigenvalue weighted by Crippen LogP contribution is -2.16. The van der Waals surface area contributed by atoms with E-state index in [4.69, 9.17) is 10.9 Å². The van der Waals surface area contributed by atoms with Gasteiger partial charge in [0.15, 0.2) is 0 Å². The molecule has 0 saturated carbocycles. The molecule has 2 aromatic carbocycles. The molecule has 0 fully saturated rings. The van der Waals surface area contributed by atoms with Crippen LogP contribution in [0.4, 0.5) is 5.69 Å². The van der Waals surface area contributed by atoms with Crippen molar-refractivity contribution in [1.29, 1.82) is 0 Å². The third-order valence-electron chi connectivity index (χ3n) is 2.87. The standard InChI is InChI=1S/C12H11N5O2S/c13-8-5-6-11(12(7-8)20(14,18)19)17-10-4-2-1-3-9(10)15-16-17/h1-7H,13H2,(H2,14,18,19). The molecule has 0 saturated heterocycles. The van der Waals surface area contributed by atoms with Crippen molar-refractivity contribution in [3.05, 3.63) is 42.5 Å². The third kappa shape index (κ3) is 2.00. The quantitative estimate of drug-likeness (QED) is 0.672. The fourth-order valence-corrected chi connectivity index (χ4v) is 2.73. The molecule has 20 heavy (non-hydrogen) atoms. The maximum absolute atomic E-state index is 11.7. The van der Waals surface area contributed by atoms with E-state index in [0.717, 1.165) is 0 Å². The summed E-state index contributed by atoms with van der Waals surface area (Å²) in [5, 5.41) is 13.2. The minimum Gasteiger partial charge on any atom is -0.399 e. The van der Waals surface area contributed by atoms with Gasteiger partial charge in [-0.05, 0) is 30.3 Å². The molecule has 0 aliphatic heterocycles. The second-order valence-corrected chi connectivity index (χ2v) is 5.79. The molecule has 0 atom stereocenters. The van der Waals surface area contributed by atoms with Gasteiger partial charge >= 0.3 is 0 Å². The van der Waals surface area contributed by atoms with Gasteiger partial charge in [-0.2, -0.15) is 0 Å². The van der Waals surface area contributed by atoms with Crippen molar-refractivity contribution in [1.82, 2.24) is 15.0 Å². The Balaban J connectivity index is 2.35. The highest BCUT2D eigenvalue weighted by Gasteiger charge is 2.18. The van der Waals surface area contributed by atoms with Crippen LogP contribution in [0, 0.1) is 0 Å². The van der Waals surface area contributed by atoms with Crippen molar-refractivity contribution < 1.29 is 8.42 Å². The van der Waals surface area contributed by atoms with Crippen molar-refractivity contribution in [2.45, 2.75) is 4.90 Å². The van der Waals surface area contributed by atoms with Gasteiger partial charge in [-0.1, -0.05) is 17.3 Å². The summed E-state index contributed by atoms with van der Waals surface area (Å²) in [4.78, 5) is -0.0897. The normalized spacial score (nSPS) is 11.8. The van der Waals surface area contributed by atoms with E-state index >= 15 is 0 Å². The highest BCUT2D eigenvalue weighted by molar-refractivity contribution is 7.89. The van der Waals surface area contributed by atoms with E-state index in [0.29, 0.717) is 22.4 Å². The SMILES string of the molecule is Nc1ccc(-n2nnc3ccccc32)c(S(N)(=O)=O)c1. The molecule has 8 heteroatoms. The number of benzene rings is 2. The highest BCUT2D eigenvalue weighted by atomic mass is 32.2. The molecular formula is C12H11N5O2S. The van der Waals surface area contributed by atoms with Crippen LogP contribution < -0.4 is 10.9 Å². The van der Waals surface area contributed by atoms with Crippen LogP contribution in [0.2, 0.25) is 0 Å². The van der Waals surface area contributed by atoms with Gasteiger partial charge in [0.05, 0.1) is 11.2 Å². The highest BCUT2D eigenvalue weighted by Crippen LogP contribution is 2.24. The largest absolute Gasteiger partial charge is 0.399 e. The molecule has 0 unspecified atom stereocenters. The van der Waals surface area contributed by atoms with Crippen LogP contribution in [0.1, 0.15) is 0 Å². The molecule has 4 N–H and O–H groups in total. The summed E-state index contributed by atoms with van der Waals surface area (Å²) in [6, 6.07) is 11.7. The zero-order valence-corrected chi connectivity index (χ0v) is 11.1. The van der Waals surface area contributed by atoms with Gasteiger partial charge in [0, 0.05) is 5.69 Å². The van der Waals surface area contributed by atoms with Crippen molar-refractivity contribution in [2.24, 2.45) is 5.14 Å². The Bertz CT molecular complexity index is 901. The first-order chi connectivity index (χ1) is 9.47. The van der Waals surface area contributed by atoms with E-state index in [2.05, 4.69) is 10.3 Å².